The summed E-state index contributed by atoms with van der Waals surface area (Å²) in [5.74, 6) is -0.617. The first-order valence-corrected chi connectivity index (χ1v) is 12.7. The van der Waals surface area contributed by atoms with Crippen molar-refractivity contribution in [3.05, 3.63) is 106 Å². The number of aromatic nitrogens is 2. The van der Waals surface area contributed by atoms with Crippen molar-refractivity contribution in [2.24, 2.45) is 0 Å². The zero-order chi connectivity index (χ0) is 24.8. The number of halogens is 2. The lowest BCUT2D eigenvalue weighted by Gasteiger charge is -2.21. The van der Waals surface area contributed by atoms with Gasteiger partial charge in [-0.25, -0.2) is 12.9 Å². The first-order chi connectivity index (χ1) is 16.9. The lowest BCUT2D eigenvalue weighted by Crippen LogP contribution is -2.29. The van der Waals surface area contributed by atoms with E-state index in [0.717, 1.165) is 27.2 Å². The minimum absolute atomic E-state index is 0.125. The Hall–Kier alpha value is -3.18. The SMILES string of the molecule is O=C(NCCc1ccc(F)cc1)c1ccc(Cl)cc1N(c1nsnc1Cc1ccccc1)S(=O)O. The highest BCUT2D eigenvalue weighted by Crippen LogP contribution is 2.34. The van der Waals surface area contributed by atoms with Crippen LogP contribution in [0.3, 0.4) is 0 Å². The lowest BCUT2D eigenvalue weighted by atomic mass is 10.1. The summed E-state index contributed by atoms with van der Waals surface area (Å²) in [6, 6.07) is 20.0. The number of carbonyl (C=O) groups is 1. The predicted molar refractivity (Wildman–Crippen MR) is 136 cm³/mol. The van der Waals surface area contributed by atoms with Crippen LogP contribution in [0.5, 0.6) is 0 Å². The third-order valence-corrected chi connectivity index (χ3v) is 6.61. The maximum absolute atomic E-state index is 13.1. The van der Waals surface area contributed by atoms with Crippen LogP contribution in [0.1, 0.15) is 27.2 Å². The Morgan fingerprint density at radius 2 is 1.80 bits per heavy atom. The molecule has 0 radical (unpaired) electrons. The molecule has 1 unspecified atom stereocenters. The molecule has 4 aromatic rings. The number of nitrogens with zero attached hydrogens (tertiary/aromatic N) is 3. The number of rotatable bonds is 9. The fraction of sp³-hybridized carbons (Fsp3) is 0.125. The highest BCUT2D eigenvalue weighted by molar-refractivity contribution is 7.81. The van der Waals surface area contributed by atoms with E-state index in [1.165, 1.54) is 30.3 Å². The van der Waals surface area contributed by atoms with Crippen molar-refractivity contribution in [2.75, 3.05) is 10.8 Å². The predicted octanol–water partition coefficient (Wildman–Crippen LogP) is 5.17. The summed E-state index contributed by atoms with van der Waals surface area (Å²) in [6.45, 7) is 0.284. The summed E-state index contributed by atoms with van der Waals surface area (Å²) < 4.78 is 45.4. The Morgan fingerprint density at radius 1 is 1.06 bits per heavy atom. The standard InChI is InChI=1S/C24H20ClFN4O3S2/c25-18-8-11-20(24(31)27-13-12-16-6-9-19(26)10-7-16)22(15-18)30(35(32)33)23-21(28-34-29-23)14-17-4-2-1-3-5-17/h1-11,15H,12-14H2,(H,27,31)(H,32,33). The molecule has 1 heterocycles. The first-order valence-electron chi connectivity index (χ1n) is 10.5. The lowest BCUT2D eigenvalue weighted by molar-refractivity contribution is 0.0955. The highest BCUT2D eigenvalue weighted by atomic mass is 35.5. The number of benzene rings is 3. The molecule has 0 fully saturated rings. The molecule has 11 heteroatoms. The van der Waals surface area contributed by atoms with Crippen molar-refractivity contribution in [1.29, 1.82) is 0 Å². The van der Waals surface area contributed by atoms with Gasteiger partial charge in [0.25, 0.3) is 17.2 Å². The molecule has 0 aliphatic rings. The van der Waals surface area contributed by atoms with Crippen molar-refractivity contribution < 1.29 is 17.9 Å². The zero-order valence-electron chi connectivity index (χ0n) is 18.2. The van der Waals surface area contributed by atoms with Gasteiger partial charge < -0.3 is 5.32 Å². The molecule has 180 valence electrons. The Balaban J connectivity index is 1.60. The van der Waals surface area contributed by atoms with Gasteiger partial charge in [-0.05, 0) is 47.9 Å². The normalized spacial score (nSPS) is 11.7. The fourth-order valence-electron chi connectivity index (χ4n) is 3.46. The van der Waals surface area contributed by atoms with Crippen LogP contribution >= 0.6 is 23.3 Å². The average molecular weight is 531 g/mol. The van der Waals surface area contributed by atoms with Gasteiger partial charge in [-0.2, -0.15) is 8.75 Å². The Kier molecular flexibility index (Phi) is 8.19. The van der Waals surface area contributed by atoms with E-state index in [-0.39, 0.29) is 34.5 Å². The number of anilines is 2. The maximum atomic E-state index is 13.1. The first kappa shape index (κ1) is 24.9. The molecule has 35 heavy (non-hydrogen) atoms. The van der Waals surface area contributed by atoms with Crippen LogP contribution in [0.4, 0.5) is 15.9 Å². The van der Waals surface area contributed by atoms with Crippen molar-refractivity contribution in [3.63, 3.8) is 0 Å². The quantitative estimate of drug-likeness (QED) is 0.291. The van der Waals surface area contributed by atoms with Gasteiger partial charge in [-0.15, -0.1) is 0 Å². The van der Waals surface area contributed by atoms with Gasteiger partial charge >= 0.3 is 0 Å². The van der Waals surface area contributed by atoms with E-state index in [9.17, 15) is 17.9 Å². The second-order valence-electron chi connectivity index (χ2n) is 7.52. The van der Waals surface area contributed by atoms with Gasteiger partial charge in [0.05, 0.1) is 23.0 Å². The van der Waals surface area contributed by atoms with Gasteiger partial charge in [0.15, 0.2) is 5.82 Å². The van der Waals surface area contributed by atoms with Crippen LogP contribution in [0.15, 0.2) is 72.8 Å². The molecule has 7 nitrogen and oxygen atoms in total. The summed E-state index contributed by atoms with van der Waals surface area (Å²) in [4.78, 5) is 13.0. The zero-order valence-corrected chi connectivity index (χ0v) is 20.6. The number of carbonyl (C=O) groups excluding carboxylic acids is 1. The molecule has 4 rings (SSSR count). The van der Waals surface area contributed by atoms with E-state index in [1.807, 2.05) is 30.3 Å². The smallest absolute Gasteiger partial charge is 0.268 e. The topological polar surface area (TPSA) is 95.4 Å². The molecule has 0 spiro atoms. The van der Waals surface area contributed by atoms with Crippen LogP contribution in [-0.4, -0.2) is 30.0 Å². The Bertz CT molecular complexity index is 1340. The molecule has 1 amide bonds. The van der Waals surface area contributed by atoms with Crippen molar-refractivity contribution in [2.45, 2.75) is 12.8 Å². The third-order valence-electron chi connectivity index (χ3n) is 5.14. The second kappa shape index (κ2) is 11.5. The molecule has 2 N–H and O–H groups in total. The van der Waals surface area contributed by atoms with Crippen LogP contribution in [0.2, 0.25) is 5.02 Å². The van der Waals surface area contributed by atoms with Crippen LogP contribution in [-0.2, 0) is 24.1 Å². The van der Waals surface area contributed by atoms with E-state index in [1.54, 1.807) is 12.1 Å². The van der Waals surface area contributed by atoms with Crippen molar-refractivity contribution in [3.8, 4) is 0 Å². The number of nitrogens with one attached hydrogen (secondary N) is 1. The molecule has 1 aromatic heterocycles. The molecule has 1 atom stereocenters. The molecule has 0 aliphatic carbocycles. The molecule has 0 saturated carbocycles. The Labute approximate surface area is 213 Å². The fourth-order valence-corrected chi connectivity index (χ4v) is 4.84. The molecule has 0 saturated heterocycles. The van der Waals surface area contributed by atoms with Gasteiger partial charge in [0.2, 0.25) is 0 Å². The number of amides is 1. The van der Waals surface area contributed by atoms with Crippen LogP contribution < -0.4 is 9.62 Å². The molecule has 0 aliphatic heterocycles. The molecular formula is C24H20ClFN4O3S2. The highest BCUT2D eigenvalue weighted by Gasteiger charge is 2.27. The number of hydrogen-bond acceptors (Lipinski definition) is 5. The van der Waals surface area contributed by atoms with Crippen LogP contribution in [0, 0.1) is 5.82 Å². The average Bonchev–Trinajstić information content (AvgIpc) is 3.28. The molecule has 0 bridgehead atoms. The largest absolute Gasteiger partial charge is 0.352 e. The van der Waals surface area contributed by atoms with Crippen molar-refractivity contribution in [1.82, 2.24) is 14.1 Å². The van der Waals surface area contributed by atoms with Gasteiger partial charge in [-0.3, -0.25) is 9.35 Å². The third kappa shape index (κ3) is 6.29. The van der Waals surface area contributed by atoms with Crippen LogP contribution in [0.25, 0.3) is 0 Å². The Morgan fingerprint density at radius 3 is 2.51 bits per heavy atom. The van der Waals surface area contributed by atoms with E-state index in [4.69, 9.17) is 11.6 Å². The minimum Gasteiger partial charge on any atom is -0.352 e. The number of hydrogen-bond donors (Lipinski definition) is 2. The summed E-state index contributed by atoms with van der Waals surface area (Å²) in [5, 5.41) is 3.08. The van der Waals surface area contributed by atoms with Crippen molar-refractivity contribution >= 4 is 52.0 Å². The monoisotopic (exact) mass is 530 g/mol. The minimum atomic E-state index is -2.56. The van der Waals surface area contributed by atoms with E-state index in [0.29, 0.717) is 18.5 Å². The summed E-state index contributed by atoms with van der Waals surface area (Å²) in [5.41, 5.74) is 2.58. The van der Waals surface area contributed by atoms with E-state index in [2.05, 4.69) is 14.1 Å². The summed E-state index contributed by atoms with van der Waals surface area (Å²) >= 11 is 4.54. The summed E-state index contributed by atoms with van der Waals surface area (Å²) in [6.07, 6.45) is 0.877. The molecular weight excluding hydrogens is 511 g/mol. The van der Waals surface area contributed by atoms with E-state index >= 15 is 0 Å². The second-order valence-corrected chi connectivity index (χ2v) is 9.31. The van der Waals surface area contributed by atoms with Gasteiger partial charge in [0, 0.05) is 18.0 Å². The molecule has 3 aromatic carbocycles. The maximum Gasteiger partial charge on any atom is 0.268 e. The van der Waals surface area contributed by atoms with Gasteiger partial charge in [-0.1, -0.05) is 54.1 Å². The van der Waals surface area contributed by atoms with E-state index < -0.39 is 17.2 Å². The van der Waals surface area contributed by atoms with Gasteiger partial charge in [0.1, 0.15) is 11.5 Å². The summed E-state index contributed by atoms with van der Waals surface area (Å²) in [7, 11) is 0.